The highest BCUT2D eigenvalue weighted by atomic mass is 16.5. The van der Waals surface area contributed by atoms with Gasteiger partial charge in [-0.3, -0.25) is 14.0 Å². The summed E-state index contributed by atoms with van der Waals surface area (Å²) in [5.74, 6) is 4.85. The number of ether oxygens (including phenoxy) is 1. The molecule has 0 amide bonds. The zero-order valence-corrected chi connectivity index (χ0v) is 37.6. The summed E-state index contributed by atoms with van der Waals surface area (Å²) in [7, 11) is 0. The molecule has 0 aliphatic carbocycles. The molecule has 0 bridgehead atoms. The molecule has 4 aromatic heterocycles. The van der Waals surface area contributed by atoms with Crippen molar-refractivity contribution in [3.8, 4) is 68.3 Å². The van der Waals surface area contributed by atoms with Crippen LogP contribution in [0.2, 0.25) is 0 Å². The molecule has 1 aliphatic rings. The van der Waals surface area contributed by atoms with E-state index in [2.05, 4.69) is 202 Å². The number of para-hydroxylation sites is 6. The molecule has 70 heavy (non-hydrogen) atoms. The summed E-state index contributed by atoms with van der Waals surface area (Å²) in [4.78, 5) is 23.7. The van der Waals surface area contributed by atoms with Crippen molar-refractivity contribution in [3.05, 3.63) is 237 Å². The highest BCUT2D eigenvalue weighted by molar-refractivity contribution is 6.19. The predicted octanol–water partition coefficient (Wildman–Crippen LogP) is 15.7. The second-order valence-electron chi connectivity index (χ2n) is 17.5. The van der Waals surface area contributed by atoms with Gasteiger partial charge < -0.3 is 4.74 Å². The Labute approximate surface area is 402 Å². The first kappa shape index (κ1) is 39.5. The molecule has 0 saturated carbocycles. The van der Waals surface area contributed by atoms with Crippen LogP contribution in [0.25, 0.3) is 100 Å². The van der Waals surface area contributed by atoms with Gasteiger partial charge in [0.25, 0.3) is 0 Å². The van der Waals surface area contributed by atoms with Gasteiger partial charge in [0.15, 0.2) is 23.1 Å². The minimum Gasteiger partial charge on any atom is -0.453 e. The lowest BCUT2D eigenvalue weighted by atomic mass is 10.0. The summed E-state index contributed by atoms with van der Waals surface area (Å²) in [6, 6.07) is 82.0. The minimum absolute atomic E-state index is 0.532. The molecule has 0 unspecified atom stereocenters. The summed E-state index contributed by atoms with van der Waals surface area (Å²) in [6.45, 7) is 0. The number of pyridine rings is 1. The van der Waals surface area contributed by atoms with Crippen molar-refractivity contribution in [1.82, 2.24) is 29.1 Å². The molecule has 0 fully saturated rings. The van der Waals surface area contributed by atoms with Gasteiger partial charge in [0.05, 0.1) is 33.4 Å². The first-order chi connectivity index (χ1) is 34.7. The van der Waals surface area contributed by atoms with Crippen LogP contribution in [-0.4, -0.2) is 29.1 Å². The Kier molecular flexibility index (Phi) is 9.03. The number of rotatable bonds is 7. The van der Waals surface area contributed by atoms with Crippen LogP contribution in [0, 0.1) is 0 Å². The second-order valence-corrected chi connectivity index (χ2v) is 17.5. The van der Waals surface area contributed by atoms with Crippen molar-refractivity contribution < 1.29 is 4.74 Å². The standard InChI is InChI=1S/C62H39N7O/c1-3-18-40(19-4-1)42-22-15-24-44(36-42)60-64-61(45-25-16-23-43(37-45)41-20-5-2-6-21-41)66-62(65-60)69-51-29-10-8-27-47(51)49-38-54-48(39-55(49)69)46-26-7-9-28-50(46)67(54)58-34-17-35-59(63-58)68-52-30-11-13-32-56(52)70-57-33-14-12-31-53(57)68/h1-39H. The number of hydrogen-bond donors (Lipinski definition) is 0. The summed E-state index contributed by atoms with van der Waals surface area (Å²) in [6.07, 6.45) is 0. The Hall–Kier alpha value is -9.66. The van der Waals surface area contributed by atoms with Crippen LogP contribution in [-0.2, 0) is 0 Å². The van der Waals surface area contributed by atoms with Crippen LogP contribution >= 0.6 is 0 Å². The molecular weight excluding hydrogens is 859 g/mol. The molecule has 9 aromatic carbocycles. The van der Waals surface area contributed by atoms with E-state index >= 15 is 0 Å². The third-order valence-corrected chi connectivity index (χ3v) is 13.4. The number of fused-ring (bicyclic) bond motifs is 8. The maximum atomic E-state index is 6.37. The van der Waals surface area contributed by atoms with Crippen LogP contribution < -0.4 is 9.64 Å². The Bertz CT molecular complexity index is 4030. The van der Waals surface area contributed by atoms with Gasteiger partial charge in [0.1, 0.15) is 11.6 Å². The van der Waals surface area contributed by atoms with Crippen LogP contribution in [0.15, 0.2) is 237 Å². The van der Waals surface area contributed by atoms with Gasteiger partial charge in [-0.2, -0.15) is 9.97 Å². The van der Waals surface area contributed by atoms with E-state index in [0.717, 1.165) is 112 Å². The zero-order valence-electron chi connectivity index (χ0n) is 37.6. The average Bonchev–Trinajstić information content (AvgIpc) is 3.94. The molecular formula is C62H39N7O. The Morgan fingerprint density at radius 3 is 1.31 bits per heavy atom. The van der Waals surface area contributed by atoms with E-state index in [0.29, 0.717) is 17.6 Å². The Morgan fingerprint density at radius 2 is 0.729 bits per heavy atom. The summed E-state index contributed by atoms with van der Waals surface area (Å²) in [5.41, 5.74) is 12.1. The largest absolute Gasteiger partial charge is 0.453 e. The van der Waals surface area contributed by atoms with Gasteiger partial charge in [-0.25, -0.2) is 9.97 Å². The molecule has 0 spiro atoms. The van der Waals surface area contributed by atoms with Crippen molar-refractivity contribution >= 4 is 60.8 Å². The van der Waals surface area contributed by atoms with Gasteiger partial charge in [0.2, 0.25) is 5.95 Å². The fourth-order valence-electron chi connectivity index (χ4n) is 10.2. The quantitative estimate of drug-likeness (QED) is 0.159. The fraction of sp³-hybridized carbons (Fsp3) is 0. The van der Waals surface area contributed by atoms with Gasteiger partial charge in [0, 0.05) is 32.7 Å². The molecule has 8 heteroatoms. The maximum Gasteiger partial charge on any atom is 0.238 e. The van der Waals surface area contributed by atoms with E-state index in [1.165, 1.54) is 0 Å². The zero-order chi connectivity index (χ0) is 46.1. The predicted molar refractivity (Wildman–Crippen MR) is 283 cm³/mol. The van der Waals surface area contributed by atoms with E-state index in [-0.39, 0.29) is 0 Å². The molecule has 0 N–H and O–H groups in total. The highest BCUT2D eigenvalue weighted by Gasteiger charge is 2.27. The second kappa shape index (κ2) is 16.0. The molecule has 13 aromatic rings. The number of anilines is 3. The third kappa shape index (κ3) is 6.46. The van der Waals surface area contributed by atoms with Crippen molar-refractivity contribution in [2.45, 2.75) is 0 Å². The fourth-order valence-corrected chi connectivity index (χ4v) is 10.2. The lowest BCUT2D eigenvalue weighted by molar-refractivity contribution is 0.476. The smallest absolute Gasteiger partial charge is 0.238 e. The Balaban J connectivity index is 0.987. The van der Waals surface area contributed by atoms with Crippen molar-refractivity contribution in [2.24, 2.45) is 0 Å². The topological polar surface area (TPSA) is 73.9 Å². The van der Waals surface area contributed by atoms with Crippen LogP contribution in [0.5, 0.6) is 11.5 Å². The summed E-state index contributed by atoms with van der Waals surface area (Å²) >= 11 is 0. The van der Waals surface area contributed by atoms with Gasteiger partial charge in [-0.05, 0) is 95.1 Å². The molecule has 1 aliphatic heterocycles. The number of nitrogens with zero attached hydrogens (tertiary/aromatic N) is 7. The van der Waals surface area contributed by atoms with Gasteiger partial charge >= 0.3 is 0 Å². The van der Waals surface area contributed by atoms with E-state index < -0.39 is 0 Å². The number of hydrogen-bond acceptors (Lipinski definition) is 6. The number of benzene rings is 9. The normalized spacial score (nSPS) is 12.1. The van der Waals surface area contributed by atoms with Crippen LogP contribution in [0.3, 0.4) is 0 Å². The lowest BCUT2D eigenvalue weighted by Gasteiger charge is -2.32. The minimum atomic E-state index is 0.532. The van der Waals surface area contributed by atoms with Crippen molar-refractivity contribution in [1.29, 1.82) is 0 Å². The number of aromatic nitrogens is 6. The lowest BCUT2D eigenvalue weighted by Crippen LogP contribution is -2.17. The molecule has 14 rings (SSSR count). The molecule has 328 valence electrons. The van der Waals surface area contributed by atoms with Crippen molar-refractivity contribution in [2.75, 3.05) is 4.90 Å². The van der Waals surface area contributed by atoms with Crippen LogP contribution in [0.4, 0.5) is 17.2 Å². The highest BCUT2D eigenvalue weighted by Crippen LogP contribution is 2.50. The van der Waals surface area contributed by atoms with E-state index in [1.807, 2.05) is 48.5 Å². The third-order valence-electron chi connectivity index (χ3n) is 13.4. The average molecular weight is 898 g/mol. The van der Waals surface area contributed by atoms with E-state index in [9.17, 15) is 0 Å². The SMILES string of the molecule is c1ccc(-c2cccc(-c3nc(-c4cccc(-c5ccccc5)c4)nc(-n4c5ccccc5c5cc6c(cc54)c4ccccc4n6-c4cccc(N5c6ccccc6Oc6ccccc65)n4)n3)c2)cc1. The molecule has 8 nitrogen and oxygen atoms in total. The van der Waals surface area contributed by atoms with Gasteiger partial charge in [-0.1, -0.05) is 164 Å². The summed E-state index contributed by atoms with van der Waals surface area (Å²) in [5, 5.41) is 4.35. The molecule has 0 saturated heterocycles. The summed E-state index contributed by atoms with van der Waals surface area (Å²) < 4.78 is 10.9. The van der Waals surface area contributed by atoms with Gasteiger partial charge in [-0.15, -0.1) is 0 Å². The monoisotopic (exact) mass is 897 g/mol. The molecule has 5 heterocycles. The van der Waals surface area contributed by atoms with E-state index in [4.69, 9.17) is 24.7 Å². The Morgan fingerprint density at radius 1 is 0.286 bits per heavy atom. The van der Waals surface area contributed by atoms with Crippen molar-refractivity contribution in [3.63, 3.8) is 0 Å². The molecule has 0 atom stereocenters. The van der Waals surface area contributed by atoms with Crippen LogP contribution in [0.1, 0.15) is 0 Å². The van der Waals surface area contributed by atoms with E-state index in [1.54, 1.807) is 0 Å². The molecule has 0 radical (unpaired) electrons. The first-order valence-corrected chi connectivity index (χ1v) is 23.4. The first-order valence-electron chi connectivity index (χ1n) is 23.4. The maximum absolute atomic E-state index is 6.37.